The van der Waals surface area contributed by atoms with Crippen LogP contribution in [-0.4, -0.2) is 4.98 Å². The Morgan fingerprint density at radius 2 is 2.00 bits per heavy atom. The van der Waals surface area contributed by atoms with Gasteiger partial charge >= 0.3 is 0 Å². The number of H-pyrrole nitrogens is 1. The van der Waals surface area contributed by atoms with Gasteiger partial charge in [0.15, 0.2) is 0 Å². The minimum atomic E-state index is -0.179. The molecule has 0 radical (unpaired) electrons. The van der Waals surface area contributed by atoms with Crippen molar-refractivity contribution in [3.05, 3.63) is 27.2 Å². The van der Waals surface area contributed by atoms with Crippen molar-refractivity contribution in [1.82, 2.24) is 4.98 Å². The fourth-order valence-electron chi connectivity index (χ4n) is 1.46. The van der Waals surface area contributed by atoms with Gasteiger partial charge in [-0.25, -0.2) is 0 Å². The number of aromatic nitrogens is 1. The largest absolute Gasteiger partial charge is 0.394 e. The summed E-state index contributed by atoms with van der Waals surface area (Å²) >= 11 is 0. The van der Waals surface area contributed by atoms with Crippen LogP contribution in [0.1, 0.15) is 23.7 Å². The first-order valence-electron chi connectivity index (χ1n) is 4.05. The summed E-state index contributed by atoms with van der Waals surface area (Å²) in [4.78, 5) is 13.9. The number of aryl methyl sites for hydroxylation is 1. The summed E-state index contributed by atoms with van der Waals surface area (Å²) in [5.41, 5.74) is 8.74. The molecule has 0 bridgehead atoms. The number of rotatable bonds is 1. The lowest BCUT2D eigenvalue weighted by Crippen LogP contribution is -2.16. The van der Waals surface area contributed by atoms with Gasteiger partial charge in [0.1, 0.15) is 5.69 Å². The summed E-state index contributed by atoms with van der Waals surface area (Å²) in [6, 6.07) is 0. The van der Waals surface area contributed by atoms with E-state index in [2.05, 4.69) is 4.98 Å². The summed E-state index contributed by atoms with van der Waals surface area (Å²) in [5.74, 6) is 0. The molecule has 0 unspecified atom stereocenters. The SMILES string of the molecule is CCc1c(C)[nH]c(=O)c(N)c1C. The zero-order valence-electron chi connectivity index (χ0n) is 7.69. The number of aromatic amines is 1. The fraction of sp³-hybridized carbons (Fsp3) is 0.444. The van der Waals surface area contributed by atoms with E-state index in [1.165, 1.54) is 0 Å². The topological polar surface area (TPSA) is 58.9 Å². The van der Waals surface area contributed by atoms with Gasteiger partial charge in [0.2, 0.25) is 0 Å². The van der Waals surface area contributed by atoms with Crippen molar-refractivity contribution in [3.8, 4) is 0 Å². The number of hydrogen-bond donors (Lipinski definition) is 2. The molecular weight excluding hydrogens is 152 g/mol. The Kier molecular flexibility index (Phi) is 2.22. The molecule has 1 aromatic heterocycles. The van der Waals surface area contributed by atoms with Crippen molar-refractivity contribution in [1.29, 1.82) is 0 Å². The highest BCUT2D eigenvalue weighted by atomic mass is 16.1. The van der Waals surface area contributed by atoms with Crippen LogP contribution in [0.3, 0.4) is 0 Å². The van der Waals surface area contributed by atoms with Crippen molar-refractivity contribution < 1.29 is 0 Å². The molecule has 0 aliphatic carbocycles. The predicted molar refractivity (Wildman–Crippen MR) is 50.3 cm³/mol. The molecule has 66 valence electrons. The van der Waals surface area contributed by atoms with Gasteiger partial charge in [0.05, 0.1) is 0 Å². The van der Waals surface area contributed by atoms with Gasteiger partial charge in [-0.2, -0.15) is 0 Å². The second-order valence-electron chi connectivity index (χ2n) is 2.95. The Bertz CT molecular complexity index is 352. The van der Waals surface area contributed by atoms with Gasteiger partial charge in [0, 0.05) is 5.69 Å². The van der Waals surface area contributed by atoms with E-state index in [1.807, 2.05) is 20.8 Å². The molecule has 0 aliphatic rings. The quantitative estimate of drug-likeness (QED) is 0.657. The van der Waals surface area contributed by atoms with E-state index >= 15 is 0 Å². The lowest BCUT2D eigenvalue weighted by molar-refractivity contribution is 1.01. The van der Waals surface area contributed by atoms with E-state index in [9.17, 15) is 4.79 Å². The van der Waals surface area contributed by atoms with Crippen LogP contribution >= 0.6 is 0 Å². The van der Waals surface area contributed by atoms with Gasteiger partial charge in [-0.15, -0.1) is 0 Å². The minimum absolute atomic E-state index is 0.179. The van der Waals surface area contributed by atoms with Crippen molar-refractivity contribution in [3.63, 3.8) is 0 Å². The van der Waals surface area contributed by atoms with Gasteiger partial charge < -0.3 is 10.7 Å². The second-order valence-corrected chi connectivity index (χ2v) is 2.95. The number of nitrogens with two attached hydrogens (primary N) is 1. The molecule has 1 aromatic rings. The molecule has 12 heavy (non-hydrogen) atoms. The second kappa shape index (κ2) is 3.01. The zero-order chi connectivity index (χ0) is 9.30. The van der Waals surface area contributed by atoms with Crippen LogP contribution < -0.4 is 11.3 Å². The van der Waals surface area contributed by atoms with E-state index in [4.69, 9.17) is 5.73 Å². The molecule has 0 saturated carbocycles. The molecule has 0 spiro atoms. The molecule has 0 aliphatic heterocycles. The Labute approximate surface area is 71.6 Å². The van der Waals surface area contributed by atoms with Crippen molar-refractivity contribution >= 4 is 5.69 Å². The number of anilines is 1. The highest BCUT2D eigenvalue weighted by molar-refractivity contribution is 5.49. The Morgan fingerprint density at radius 1 is 1.42 bits per heavy atom. The van der Waals surface area contributed by atoms with Crippen LogP contribution in [0.15, 0.2) is 4.79 Å². The zero-order valence-corrected chi connectivity index (χ0v) is 7.69. The van der Waals surface area contributed by atoms with Gasteiger partial charge in [-0.05, 0) is 31.4 Å². The number of nitrogen functional groups attached to an aromatic ring is 1. The number of pyridine rings is 1. The maximum absolute atomic E-state index is 11.1. The standard InChI is InChI=1S/C9H14N2O/c1-4-7-5(2)8(10)9(12)11-6(7)3/h4,10H2,1-3H3,(H,11,12). The molecule has 1 heterocycles. The average Bonchev–Trinajstić information content (AvgIpc) is 2.01. The van der Waals surface area contributed by atoms with Crippen LogP contribution in [0.4, 0.5) is 5.69 Å². The van der Waals surface area contributed by atoms with E-state index in [0.717, 1.165) is 23.2 Å². The van der Waals surface area contributed by atoms with E-state index in [0.29, 0.717) is 5.69 Å². The van der Waals surface area contributed by atoms with Gasteiger partial charge in [0.25, 0.3) is 5.56 Å². The first-order chi connectivity index (χ1) is 5.57. The first-order valence-corrected chi connectivity index (χ1v) is 4.05. The fourth-order valence-corrected chi connectivity index (χ4v) is 1.46. The molecule has 3 heteroatoms. The van der Waals surface area contributed by atoms with Crippen LogP contribution in [-0.2, 0) is 6.42 Å². The van der Waals surface area contributed by atoms with Crippen molar-refractivity contribution in [2.24, 2.45) is 0 Å². The molecule has 3 nitrogen and oxygen atoms in total. The number of hydrogen-bond acceptors (Lipinski definition) is 2. The van der Waals surface area contributed by atoms with E-state index in [-0.39, 0.29) is 5.56 Å². The normalized spacial score (nSPS) is 10.2. The van der Waals surface area contributed by atoms with Crippen LogP contribution in [0.2, 0.25) is 0 Å². The summed E-state index contributed by atoms with van der Waals surface area (Å²) in [6.45, 7) is 5.83. The summed E-state index contributed by atoms with van der Waals surface area (Å²) in [5, 5.41) is 0. The van der Waals surface area contributed by atoms with Crippen LogP contribution in [0.5, 0.6) is 0 Å². The average molecular weight is 166 g/mol. The first kappa shape index (κ1) is 8.84. The third kappa shape index (κ3) is 1.22. The lowest BCUT2D eigenvalue weighted by Gasteiger charge is -2.08. The predicted octanol–water partition coefficient (Wildman–Crippen LogP) is 1.14. The van der Waals surface area contributed by atoms with E-state index in [1.54, 1.807) is 0 Å². The molecular formula is C9H14N2O. The van der Waals surface area contributed by atoms with Crippen LogP contribution in [0, 0.1) is 13.8 Å². The van der Waals surface area contributed by atoms with Crippen molar-refractivity contribution in [2.45, 2.75) is 27.2 Å². The Morgan fingerprint density at radius 3 is 2.50 bits per heavy atom. The lowest BCUT2D eigenvalue weighted by atomic mass is 10.0. The highest BCUT2D eigenvalue weighted by Crippen LogP contribution is 2.14. The Balaban J connectivity index is 3.51. The highest BCUT2D eigenvalue weighted by Gasteiger charge is 2.06. The monoisotopic (exact) mass is 166 g/mol. The van der Waals surface area contributed by atoms with Crippen LogP contribution in [0.25, 0.3) is 0 Å². The molecule has 1 rings (SSSR count). The molecule has 0 amide bonds. The molecule has 0 aromatic carbocycles. The smallest absolute Gasteiger partial charge is 0.271 e. The van der Waals surface area contributed by atoms with Crippen molar-refractivity contribution in [2.75, 3.05) is 5.73 Å². The molecule has 3 N–H and O–H groups in total. The van der Waals surface area contributed by atoms with E-state index < -0.39 is 0 Å². The molecule has 0 atom stereocenters. The third-order valence-corrected chi connectivity index (χ3v) is 2.21. The Hall–Kier alpha value is -1.25. The molecule has 0 fully saturated rings. The summed E-state index contributed by atoms with van der Waals surface area (Å²) < 4.78 is 0. The third-order valence-electron chi connectivity index (χ3n) is 2.21. The summed E-state index contributed by atoms with van der Waals surface area (Å²) in [7, 11) is 0. The maximum atomic E-state index is 11.1. The van der Waals surface area contributed by atoms with Gasteiger partial charge in [-0.3, -0.25) is 4.79 Å². The summed E-state index contributed by atoms with van der Waals surface area (Å²) in [6.07, 6.45) is 0.901. The molecule has 0 saturated heterocycles. The minimum Gasteiger partial charge on any atom is -0.394 e. The van der Waals surface area contributed by atoms with Gasteiger partial charge in [-0.1, -0.05) is 6.92 Å². The number of nitrogens with one attached hydrogen (secondary N) is 1. The maximum Gasteiger partial charge on any atom is 0.271 e.